The number of alkyl halides is 1. The first-order valence-electron chi connectivity index (χ1n) is 4.49. The summed E-state index contributed by atoms with van der Waals surface area (Å²) in [6.45, 7) is 2.79. The highest BCUT2D eigenvalue weighted by Crippen LogP contribution is 2.52. The van der Waals surface area contributed by atoms with Crippen LogP contribution >= 0.6 is 7.37 Å². The predicted octanol–water partition coefficient (Wildman–Crippen LogP) is 1.79. The Hall–Kier alpha value is -0.850. The van der Waals surface area contributed by atoms with Crippen LogP contribution in [-0.2, 0) is 18.6 Å². The Morgan fingerprint density at radius 1 is 1.60 bits per heavy atom. The third kappa shape index (κ3) is 4.03. The summed E-state index contributed by atoms with van der Waals surface area (Å²) in [5.74, 6) is -1.47. The van der Waals surface area contributed by atoms with Gasteiger partial charge in [-0.05, 0) is 6.92 Å². The predicted molar refractivity (Wildman–Crippen MR) is 54.5 cm³/mol. The lowest BCUT2D eigenvalue weighted by molar-refractivity contribution is -0.145. The number of terminal acetylenes is 1. The van der Waals surface area contributed by atoms with E-state index in [9.17, 15) is 13.8 Å². The van der Waals surface area contributed by atoms with Gasteiger partial charge in [0.15, 0.2) is 6.61 Å². The molecular weight excluding hydrogens is 222 g/mol. The molecule has 2 unspecified atom stereocenters. The molecule has 0 aliphatic heterocycles. The second-order valence-corrected chi connectivity index (χ2v) is 5.40. The summed E-state index contributed by atoms with van der Waals surface area (Å²) in [6, 6.07) is 0. The lowest BCUT2D eigenvalue weighted by Gasteiger charge is -2.18. The van der Waals surface area contributed by atoms with Crippen LogP contribution in [0.25, 0.3) is 0 Å². The smallest absolute Gasteiger partial charge is 0.351 e. The summed E-state index contributed by atoms with van der Waals surface area (Å²) in [4.78, 5) is 11.0. The van der Waals surface area contributed by atoms with E-state index < -0.39 is 19.3 Å². The van der Waals surface area contributed by atoms with Gasteiger partial charge in [-0.2, -0.15) is 0 Å². The van der Waals surface area contributed by atoms with Gasteiger partial charge in [0.05, 0.1) is 6.61 Å². The first kappa shape index (κ1) is 14.2. The van der Waals surface area contributed by atoms with Gasteiger partial charge in [-0.15, -0.1) is 6.42 Å². The van der Waals surface area contributed by atoms with E-state index in [-0.39, 0.29) is 19.4 Å². The molecule has 15 heavy (non-hydrogen) atoms. The van der Waals surface area contributed by atoms with Crippen molar-refractivity contribution in [2.45, 2.75) is 19.8 Å². The van der Waals surface area contributed by atoms with E-state index >= 15 is 0 Å². The van der Waals surface area contributed by atoms with Gasteiger partial charge in [0, 0.05) is 6.16 Å². The number of hydrogen-bond acceptors (Lipinski definition) is 4. The fraction of sp³-hybridized carbons (Fsp3) is 0.667. The maximum Gasteiger partial charge on any atom is 0.351 e. The van der Waals surface area contributed by atoms with Crippen molar-refractivity contribution in [3.05, 3.63) is 0 Å². The van der Waals surface area contributed by atoms with Gasteiger partial charge in [-0.25, -0.2) is 9.18 Å². The van der Waals surface area contributed by atoms with Crippen LogP contribution in [0.2, 0.25) is 0 Å². The fourth-order valence-corrected chi connectivity index (χ4v) is 2.34. The number of halogens is 1. The Morgan fingerprint density at radius 3 is 2.60 bits per heavy atom. The molecule has 0 aromatic heterocycles. The van der Waals surface area contributed by atoms with Crippen LogP contribution in [0.3, 0.4) is 0 Å². The molecule has 0 aromatic carbocycles. The quantitative estimate of drug-likeness (QED) is 0.401. The van der Waals surface area contributed by atoms with Crippen molar-refractivity contribution in [3.63, 3.8) is 0 Å². The zero-order valence-electron chi connectivity index (χ0n) is 8.73. The van der Waals surface area contributed by atoms with Crippen LogP contribution in [0.4, 0.5) is 4.39 Å². The molecule has 0 heterocycles. The van der Waals surface area contributed by atoms with Gasteiger partial charge in [0.2, 0.25) is 7.37 Å². The summed E-state index contributed by atoms with van der Waals surface area (Å²) in [6.07, 6.45) is 4.76. The minimum absolute atomic E-state index is 0.0623. The van der Waals surface area contributed by atoms with Crippen LogP contribution in [0, 0.1) is 12.3 Å². The fourth-order valence-electron chi connectivity index (χ4n) is 0.878. The van der Waals surface area contributed by atoms with Gasteiger partial charge in [0.1, 0.15) is 0 Å². The maximum atomic E-state index is 13.4. The highest BCUT2D eigenvalue weighted by atomic mass is 31.2. The SMILES string of the molecule is C#CCOC(=O)C(F)P(=O)(CC)OCC. The molecule has 2 atom stereocenters. The van der Waals surface area contributed by atoms with Crippen LogP contribution in [0.5, 0.6) is 0 Å². The minimum atomic E-state index is -3.60. The van der Waals surface area contributed by atoms with Gasteiger partial charge < -0.3 is 9.26 Å². The zero-order chi connectivity index (χ0) is 11.9. The van der Waals surface area contributed by atoms with Crippen LogP contribution in [-0.4, -0.2) is 31.3 Å². The van der Waals surface area contributed by atoms with Crippen molar-refractivity contribution in [2.24, 2.45) is 0 Å². The normalized spacial score (nSPS) is 16.1. The molecule has 0 fully saturated rings. The van der Waals surface area contributed by atoms with Crippen LogP contribution in [0.15, 0.2) is 0 Å². The maximum absolute atomic E-state index is 13.4. The second-order valence-electron chi connectivity index (χ2n) is 2.61. The van der Waals surface area contributed by atoms with Crippen LogP contribution in [0.1, 0.15) is 13.8 Å². The summed E-state index contributed by atoms with van der Waals surface area (Å²) in [5.41, 5.74) is 0. The van der Waals surface area contributed by atoms with E-state index in [4.69, 9.17) is 10.9 Å². The number of esters is 1. The van der Waals surface area contributed by atoms with Gasteiger partial charge >= 0.3 is 5.97 Å². The molecule has 0 spiro atoms. The van der Waals surface area contributed by atoms with E-state index in [1.807, 2.05) is 5.92 Å². The number of ether oxygens (including phenoxy) is 1. The molecule has 0 rings (SSSR count). The van der Waals surface area contributed by atoms with E-state index in [2.05, 4.69) is 4.74 Å². The molecule has 6 heteroatoms. The standard InChI is InChI=1S/C9H14FO4P/c1-4-7-13-9(11)8(10)15(12,6-3)14-5-2/h1,8H,5-7H2,2-3H3. The van der Waals surface area contributed by atoms with E-state index in [1.54, 1.807) is 6.92 Å². The van der Waals surface area contributed by atoms with Crippen molar-refractivity contribution in [1.82, 2.24) is 0 Å². The molecule has 0 aromatic rings. The average molecular weight is 236 g/mol. The summed E-state index contributed by atoms with van der Waals surface area (Å²) < 4.78 is 34.3. The van der Waals surface area contributed by atoms with Gasteiger partial charge in [-0.3, -0.25) is 4.57 Å². The molecule has 0 radical (unpaired) electrons. The van der Waals surface area contributed by atoms with E-state index in [0.717, 1.165) is 0 Å². The Morgan fingerprint density at radius 2 is 2.20 bits per heavy atom. The van der Waals surface area contributed by atoms with Crippen LogP contribution < -0.4 is 0 Å². The first-order chi connectivity index (χ1) is 7.01. The zero-order valence-corrected chi connectivity index (χ0v) is 9.63. The Kier molecular flexibility index (Phi) is 6.23. The summed E-state index contributed by atoms with van der Waals surface area (Å²) in [7, 11) is -3.60. The van der Waals surface area contributed by atoms with E-state index in [0.29, 0.717) is 0 Å². The van der Waals surface area contributed by atoms with Crippen molar-refractivity contribution in [2.75, 3.05) is 19.4 Å². The molecule has 0 saturated carbocycles. The molecule has 4 nitrogen and oxygen atoms in total. The van der Waals surface area contributed by atoms with Crippen molar-refractivity contribution >= 4 is 13.3 Å². The summed E-state index contributed by atoms with van der Waals surface area (Å²) >= 11 is 0. The van der Waals surface area contributed by atoms with Crippen molar-refractivity contribution in [3.8, 4) is 12.3 Å². The van der Waals surface area contributed by atoms with Gasteiger partial charge in [0.25, 0.3) is 5.91 Å². The van der Waals surface area contributed by atoms with Gasteiger partial charge in [-0.1, -0.05) is 12.8 Å². The van der Waals surface area contributed by atoms with Crippen molar-refractivity contribution < 1.29 is 23.0 Å². The number of rotatable bonds is 6. The molecule has 0 N–H and O–H groups in total. The largest absolute Gasteiger partial charge is 0.450 e. The summed E-state index contributed by atoms with van der Waals surface area (Å²) in [5, 5.41) is 0. The first-order valence-corrected chi connectivity index (χ1v) is 6.37. The molecule has 0 amide bonds. The lowest BCUT2D eigenvalue weighted by Crippen LogP contribution is -2.21. The Labute approximate surface area is 88.6 Å². The monoisotopic (exact) mass is 236 g/mol. The third-order valence-electron chi connectivity index (χ3n) is 1.63. The number of hydrogen-bond donors (Lipinski definition) is 0. The number of carbonyl (C=O) groups excluding carboxylic acids is 1. The molecule has 0 aliphatic carbocycles. The highest BCUT2D eigenvalue weighted by molar-refractivity contribution is 7.60. The second kappa shape index (κ2) is 6.60. The molecular formula is C9H14FO4P. The molecule has 0 aliphatic rings. The third-order valence-corrected chi connectivity index (χ3v) is 4.10. The molecule has 0 bridgehead atoms. The Bertz CT molecular complexity index is 297. The lowest BCUT2D eigenvalue weighted by atomic mass is 10.7. The molecule has 86 valence electrons. The highest BCUT2D eigenvalue weighted by Gasteiger charge is 2.39. The van der Waals surface area contributed by atoms with E-state index in [1.165, 1.54) is 6.92 Å². The topological polar surface area (TPSA) is 52.6 Å². The minimum Gasteiger partial charge on any atom is -0.450 e. The van der Waals surface area contributed by atoms with Crippen molar-refractivity contribution in [1.29, 1.82) is 0 Å². The average Bonchev–Trinajstić information content (AvgIpc) is 2.24. The number of carbonyl (C=O) groups is 1. The molecule has 0 saturated heterocycles. The Balaban J connectivity index is 4.52.